The van der Waals surface area contributed by atoms with Crippen molar-refractivity contribution in [1.29, 1.82) is 0 Å². The molecule has 0 aromatic carbocycles. The number of fused-ring (bicyclic) bond motifs is 1. The van der Waals surface area contributed by atoms with Crippen LogP contribution in [0.3, 0.4) is 0 Å². The monoisotopic (exact) mass is 203 g/mol. The van der Waals surface area contributed by atoms with Crippen molar-refractivity contribution >= 4 is 11.9 Å². The highest BCUT2D eigenvalue weighted by atomic mass is 16.1. The molecule has 2 heterocycles. The van der Waals surface area contributed by atoms with Crippen LogP contribution in [0.5, 0.6) is 0 Å². The molecular formula is C11H13N3O. The van der Waals surface area contributed by atoms with Gasteiger partial charge in [0.2, 0.25) is 0 Å². The number of aromatic nitrogens is 3. The summed E-state index contributed by atoms with van der Waals surface area (Å²) in [5, 5.41) is 8.14. The van der Waals surface area contributed by atoms with Crippen LogP contribution in [0.1, 0.15) is 30.0 Å². The van der Waals surface area contributed by atoms with E-state index in [0.29, 0.717) is 11.5 Å². The Balaban J connectivity index is 2.47. The van der Waals surface area contributed by atoms with Gasteiger partial charge >= 0.3 is 0 Å². The molecular weight excluding hydrogens is 190 g/mol. The summed E-state index contributed by atoms with van der Waals surface area (Å²) in [5.41, 5.74) is 1.36. The third kappa shape index (κ3) is 1.88. The third-order valence-electron chi connectivity index (χ3n) is 2.23. The van der Waals surface area contributed by atoms with E-state index in [0.717, 1.165) is 24.2 Å². The van der Waals surface area contributed by atoms with Gasteiger partial charge in [0, 0.05) is 18.2 Å². The zero-order chi connectivity index (χ0) is 10.8. The molecule has 4 heteroatoms. The van der Waals surface area contributed by atoms with Crippen LogP contribution >= 0.6 is 0 Å². The lowest BCUT2D eigenvalue weighted by atomic mass is 10.1. The van der Waals surface area contributed by atoms with E-state index in [9.17, 15) is 4.79 Å². The van der Waals surface area contributed by atoms with Crippen LogP contribution in [0.15, 0.2) is 18.3 Å². The van der Waals surface area contributed by atoms with Crippen LogP contribution < -0.4 is 0 Å². The number of carbonyl (C=O) groups is 1. The smallest absolute Gasteiger partial charge is 0.161 e. The maximum absolute atomic E-state index is 10.6. The molecule has 0 saturated heterocycles. The van der Waals surface area contributed by atoms with Gasteiger partial charge in [-0.15, -0.1) is 10.2 Å². The van der Waals surface area contributed by atoms with Crippen LogP contribution in [-0.4, -0.2) is 20.9 Å². The molecule has 78 valence electrons. The molecule has 0 unspecified atom stereocenters. The number of pyridine rings is 1. The average Bonchev–Trinajstić information content (AvgIpc) is 2.60. The molecule has 0 radical (unpaired) electrons. The molecule has 0 spiro atoms. The van der Waals surface area contributed by atoms with Crippen molar-refractivity contribution in [1.82, 2.24) is 14.6 Å². The van der Waals surface area contributed by atoms with Crippen LogP contribution in [0, 0.1) is 5.92 Å². The second-order valence-corrected chi connectivity index (χ2v) is 4.02. The molecule has 4 nitrogen and oxygen atoms in total. The van der Waals surface area contributed by atoms with Gasteiger partial charge in [-0.1, -0.05) is 13.8 Å². The molecule has 0 saturated carbocycles. The minimum Gasteiger partial charge on any atom is -0.298 e. The Labute approximate surface area is 87.9 Å². The number of hydrogen-bond donors (Lipinski definition) is 0. The molecule has 0 aliphatic rings. The van der Waals surface area contributed by atoms with Crippen molar-refractivity contribution in [2.24, 2.45) is 5.92 Å². The molecule has 2 aromatic heterocycles. The summed E-state index contributed by atoms with van der Waals surface area (Å²) in [6.45, 7) is 4.28. The standard InChI is InChI=1S/C11H13N3O/c1-8(2)5-10-12-13-11-6-9(7-15)3-4-14(10)11/h3-4,6-8H,5H2,1-2H3. The predicted octanol–water partition coefficient (Wildman–Crippen LogP) is 1.74. The zero-order valence-corrected chi connectivity index (χ0v) is 8.84. The van der Waals surface area contributed by atoms with Crippen molar-refractivity contribution < 1.29 is 4.79 Å². The van der Waals surface area contributed by atoms with E-state index in [1.807, 2.05) is 10.6 Å². The van der Waals surface area contributed by atoms with E-state index >= 15 is 0 Å². The van der Waals surface area contributed by atoms with Crippen molar-refractivity contribution in [3.05, 3.63) is 29.7 Å². The molecule has 15 heavy (non-hydrogen) atoms. The average molecular weight is 203 g/mol. The van der Waals surface area contributed by atoms with E-state index in [-0.39, 0.29) is 0 Å². The molecule has 0 bridgehead atoms. The third-order valence-corrected chi connectivity index (χ3v) is 2.23. The first-order valence-electron chi connectivity index (χ1n) is 4.99. The summed E-state index contributed by atoms with van der Waals surface area (Å²) in [5.74, 6) is 1.49. The first kappa shape index (κ1) is 9.83. The lowest BCUT2D eigenvalue weighted by Crippen LogP contribution is -2.00. The van der Waals surface area contributed by atoms with Gasteiger partial charge in [-0.3, -0.25) is 9.20 Å². The fourth-order valence-electron chi connectivity index (χ4n) is 1.53. The van der Waals surface area contributed by atoms with E-state index in [4.69, 9.17) is 0 Å². The van der Waals surface area contributed by atoms with E-state index in [2.05, 4.69) is 24.0 Å². The minimum absolute atomic E-state index is 0.545. The molecule has 0 aliphatic heterocycles. The van der Waals surface area contributed by atoms with Crippen LogP contribution in [-0.2, 0) is 6.42 Å². The van der Waals surface area contributed by atoms with E-state index in [1.54, 1.807) is 12.1 Å². The number of nitrogens with zero attached hydrogens (tertiary/aromatic N) is 3. The molecule has 0 aliphatic carbocycles. The summed E-state index contributed by atoms with van der Waals surface area (Å²) in [4.78, 5) is 10.6. The maximum Gasteiger partial charge on any atom is 0.161 e. The Morgan fingerprint density at radius 1 is 1.47 bits per heavy atom. The summed E-state index contributed by atoms with van der Waals surface area (Å²) in [7, 11) is 0. The van der Waals surface area contributed by atoms with Gasteiger partial charge in [0.15, 0.2) is 5.65 Å². The zero-order valence-electron chi connectivity index (χ0n) is 8.84. The summed E-state index contributed by atoms with van der Waals surface area (Å²) in [6, 6.07) is 3.51. The normalized spacial score (nSPS) is 11.1. The van der Waals surface area contributed by atoms with Crippen molar-refractivity contribution in [3.63, 3.8) is 0 Å². The van der Waals surface area contributed by atoms with Gasteiger partial charge < -0.3 is 0 Å². The van der Waals surface area contributed by atoms with Gasteiger partial charge in [0.1, 0.15) is 12.1 Å². The topological polar surface area (TPSA) is 47.3 Å². The molecule has 0 N–H and O–H groups in total. The minimum atomic E-state index is 0.545. The lowest BCUT2D eigenvalue weighted by molar-refractivity contribution is 0.112. The van der Waals surface area contributed by atoms with Crippen molar-refractivity contribution in [3.8, 4) is 0 Å². The second kappa shape index (κ2) is 3.81. The lowest BCUT2D eigenvalue weighted by Gasteiger charge is -2.02. The Morgan fingerprint density at radius 2 is 2.27 bits per heavy atom. The van der Waals surface area contributed by atoms with Gasteiger partial charge in [-0.25, -0.2) is 0 Å². The first-order chi connectivity index (χ1) is 7.20. The fourth-order valence-corrected chi connectivity index (χ4v) is 1.53. The quantitative estimate of drug-likeness (QED) is 0.714. The van der Waals surface area contributed by atoms with Gasteiger partial charge in [0.25, 0.3) is 0 Å². The molecule has 0 fully saturated rings. The van der Waals surface area contributed by atoms with Gasteiger partial charge in [-0.05, 0) is 18.1 Å². The number of aldehydes is 1. The highest BCUT2D eigenvalue weighted by Gasteiger charge is 2.07. The number of rotatable bonds is 3. The predicted molar refractivity (Wildman–Crippen MR) is 56.9 cm³/mol. The number of carbonyl (C=O) groups excluding carboxylic acids is 1. The molecule has 2 rings (SSSR count). The van der Waals surface area contributed by atoms with Gasteiger partial charge in [-0.2, -0.15) is 0 Å². The Bertz CT molecular complexity index is 488. The molecule has 0 amide bonds. The highest BCUT2D eigenvalue weighted by Crippen LogP contribution is 2.09. The number of hydrogen-bond acceptors (Lipinski definition) is 3. The van der Waals surface area contributed by atoms with E-state index < -0.39 is 0 Å². The summed E-state index contributed by atoms with van der Waals surface area (Å²) >= 11 is 0. The maximum atomic E-state index is 10.6. The van der Waals surface area contributed by atoms with Crippen molar-refractivity contribution in [2.75, 3.05) is 0 Å². The van der Waals surface area contributed by atoms with Gasteiger partial charge in [0.05, 0.1) is 0 Å². The SMILES string of the molecule is CC(C)Cc1nnc2cc(C=O)ccn12. The molecule has 0 atom stereocenters. The highest BCUT2D eigenvalue weighted by molar-refractivity contribution is 5.76. The Morgan fingerprint density at radius 3 is 2.93 bits per heavy atom. The van der Waals surface area contributed by atoms with E-state index in [1.165, 1.54) is 0 Å². The molecule has 2 aromatic rings. The second-order valence-electron chi connectivity index (χ2n) is 4.02. The Kier molecular flexibility index (Phi) is 2.49. The van der Waals surface area contributed by atoms with Crippen molar-refractivity contribution in [2.45, 2.75) is 20.3 Å². The fraction of sp³-hybridized carbons (Fsp3) is 0.364. The first-order valence-corrected chi connectivity index (χ1v) is 4.99. The Hall–Kier alpha value is -1.71. The largest absolute Gasteiger partial charge is 0.298 e. The summed E-state index contributed by atoms with van der Waals surface area (Å²) < 4.78 is 1.92. The summed E-state index contributed by atoms with van der Waals surface area (Å²) in [6.07, 6.45) is 3.55. The van der Waals surface area contributed by atoms with Crippen LogP contribution in [0.25, 0.3) is 5.65 Å². The van der Waals surface area contributed by atoms with Crippen LogP contribution in [0.4, 0.5) is 0 Å². The van der Waals surface area contributed by atoms with Crippen LogP contribution in [0.2, 0.25) is 0 Å².